The van der Waals surface area contributed by atoms with Crippen molar-refractivity contribution in [1.82, 2.24) is 0 Å². The second-order valence-electron chi connectivity index (χ2n) is 4.79. The van der Waals surface area contributed by atoms with Crippen LogP contribution in [0.4, 0.5) is 10.1 Å². The lowest BCUT2D eigenvalue weighted by Gasteiger charge is -2.14. The van der Waals surface area contributed by atoms with E-state index in [0.717, 1.165) is 17.9 Å². The van der Waals surface area contributed by atoms with Gasteiger partial charge in [0.2, 0.25) is 0 Å². The fraction of sp³-hybridized carbons (Fsp3) is 0.200. The minimum atomic E-state index is -0.287. The van der Waals surface area contributed by atoms with E-state index in [1.54, 1.807) is 6.07 Å². The van der Waals surface area contributed by atoms with Gasteiger partial charge in [0, 0.05) is 11.1 Å². The second-order valence-corrected chi connectivity index (χ2v) is 5.63. The lowest BCUT2D eigenvalue weighted by Crippen LogP contribution is -2.19. The summed E-state index contributed by atoms with van der Waals surface area (Å²) in [5.74, 6) is -0.287. The molecule has 98 valence electrons. The van der Waals surface area contributed by atoms with E-state index in [1.807, 2.05) is 18.2 Å². The molecule has 1 unspecified atom stereocenters. The molecule has 0 bridgehead atoms. The van der Waals surface area contributed by atoms with Crippen molar-refractivity contribution in [1.29, 1.82) is 0 Å². The molecule has 2 aromatic rings. The largest absolute Gasteiger partial charge is 0.380 e. The summed E-state index contributed by atoms with van der Waals surface area (Å²) in [6.07, 6.45) is 1.78. The third kappa shape index (κ3) is 2.70. The number of rotatable bonds is 2. The number of benzene rings is 2. The van der Waals surface area contributed by atoms with Gasteiger partial charge in [-0.15, -0.1) is 0 Å². The Bertz CT molecular complexity index is 628. The number of halogens is 3. The highest BCUT2D eigenvalue weighted by atomic mass is 35.5. The lowest BCUT2D eigenvalue weighted by molar-refractivity contribution is 0.627. The number of anilines is 1. The van der Waals surface area contributed by atoms with E-state index >= 15 is 0 Å². The van der Waals surface area contributed by atoms with E-state index in [0.29, 0.717) is 10.7 Å². The quantitative estimate of drug-likeness (QED) is 0.846. The highest BCUT2D eigenvalue weighted by Gasteiger charge is 2.22. The fourth-order valence-electron chi connectivity index (χ4n) is 2.52. The Morgan fingerprint density at radius 3 is 2.63 bits per heavy atom. The van der Waals surface area contributed by atoms with Gasteiger partial charge >= 0.3 is 0 Å². The van der Waals surface area contributed by atoms with Crippen molar-refractivity contribution in [2.75, 3.05) is 5.32 Å². The van der Waals surface area contributed by atoms with Crippen LogP contribution in [0.2, 0.25) is 10.0 Å². The molecule has 19 heavy (non-hydrogen) atoms. The molecule has 4 heteroatoms. The van der Waals surface area contributed by atoms with E-state index in [2.05, 4.69) is 5.32 Å². The third-order valence-corrected chi connectivity index (χ3v) is 3.95. The van der Waals surface area contributed by atoms with Crippen LogP contribution < -0.4 is 5.32 Å². The molecule has 0 saturated carbocycles. The van der Waals surface area contributed by atoms with Gasteiger partial charge in [-0.3, -0.25) is 0 Å². The molecule has 1 aliphatic rings. The van der Waals surface area contributed by atoms with Crippen molar-refractivity contribution in [2.24, 2.45) is 0 Å². The van der Waals surface area contributed by atoms with Crippen LogP contribution in [0.3, 0.4) is 0 Å². The Labute approximate surface area is 121 Å². The molecule has 1 atom stereocenters. The predicted molar refractivity (Wildman–Crippen MR) is 77.7 cm³/mol. The van der Waals surface area contributed by atoms with E-state index < -0.39 is 0 Å². The van der Waals surface area contributed by atoms with Gasteiger partial charge in [0.05, 0.1) is 10.7 Å². The van der Waals surface area contributed by atoms with E-state index in [-0.39, 0.29) is 11.9 Å². The smallest absolute Gasteiger partial charge is 0.125 e. The standard InChI is InChI=1S/C15H12Cl2FN/c16-11-2-1-9-6-13(7-10(9)5-11)19-15-8-12(18)3-4-14(15)17/h1-5,8,13,19H,6-7H2. The molecule has 0 amide bonds. The molecule has 3 rings (SSSR count). The average Bonchev–Trinajstić information content (AvgIpc) is 2.75. The monoisotopic (exact) mass is 295 g/mol. The summed E-state index contributed by atoms with van der Waals surface area (Å²) in [4.78, 5) is 0. The van der Waals surface area contributed by atoms with Crippen LogP contribution >= 0.6 is 23.2 Å². The van der Waals surface area contributed by atoms with E-state index in [4.69, 9.17) is 23.2 Å². The number of hydrogen-bond acceptors (Lipinski definition) is 1. The van der Waals surface area contributed by atoms with Gasteiger partial charge in [0.25, 0.3) is 0 Å². The van der Waals surface area contributed by atoms with Crippen LogP contribution in [-0.4, -0.2) is 6.04 Å². The third-order valence-electron chi connectivity index (χ3n) is 3.39. The van der Waals surface area contributed by atoms with Gasteiger partial charge in [-0.05, 0) is 54.3 Å². The molecule has 0 spiro atoms. The first kappa shape index (κ1) is 12.8. The van der Waals surface area contributed by atoms with Crippen molar-refractivity contribution >= 4 is 28.9 Å². The molecule has 0 heterocycles. The number of nitrogens with one attached hydrogen (secondary N) is 1. The molecule has 1 N–H and O–H groups in total. The van der Waals surface area contributed by atoms with Gasteiger partial charge in [-0.25, -0.2) is 4.39 Å². The highest BCUT2D eigenvalue weighted by Crippen LogP contribution is 2.29. The fourth-order valence-corrected chi connectivity index (χ4v) is 2.88. The first-order valence-electron chi connectivity index (χ1n) is 6.11. The Kier molecular flexibility index (Phi) is 3.38. The first-order chi connectivity index (χ1) is 9.11. The van der Waals surface area contributed by atoms with Crippen LogP contribution in [0.15, 0.2) is 36.4 Å². The van der Waals surface area contributed by atoms with Crippen LogP contribution in [0.25, 0.3) is 0 Å². The molecule has 0 radical (unpaired) electrons. The summed E-state index contributed by atoms with van der Waals surface area (Å²) in [5.41, 5.74) is 3.18. The molecule has 0 saturated heterocycles. The Hall–Kier alpha value is -1.25. The van der Waals surface area contributed by atoms with E-state index in [1.165, 1.54) is 23.3 Å². The molecule has 0 aliphatic heterocycles. The summed E-state index contributed by atoms with van der Waals surface area (Å²) >= 11 is 12.0. The van der Waals surface area contributed by atoms with Gasteiger partial charge in [-0.2, -0.15) is 0 Å². The number of hydrogen-bond donors (Lipinski definition) is 1. The molecule has 0 aromatic heterocycles. The SMILES string of the molecule is Fc1ccc(Cl)c(NC2Cc3ccc(Cl)cc3C2)c1. The molecule has 1 nitrogen and oxygen atoms in total. The second kappa shape index (κ2) is 5.03. The molecule has 2 aromatic carbocycles. The normalized spacial score (nSPS) is 17.3. The van der Waals surface area contributed by atoms with Crippen molar-refractivity contribution in [3.05, 3.63) is 63.4 Å². The van der Waals surface area contributed by atoms with Crippen LogP contribution in [0, 0.1) is 5.82 Å². The van der Waals surface area contributed by atoms with Gasteiger partial charge < -0.3 is 5.32 Å². The van der Waals surface area contributed by atoms with E-state index in [9.17, 15) is 4.39 Å². The maximum Gasteiger partial charge on any atom is 0.125 e. The van der Waals surface area contributed by atoms with Crippen molar-refractivity contribution in [3.8, 4) is 0 Å². The highest BCUT2D eigenvalue weighted by molar-refractivity contribution is 6.33. The van der Waals surface area contributed by atoms with Gasteiger partial charge in [-0.1, -0.05) is 29.3 Å². The zero-order valence-electron chi connectivity index (χ0n) is 10.1. The minimum Gasteiger partial charge on any atom is -0.380 e. The van der Waals surface area contributed by atoms with Crippen molar-refractivity contribution < 1.29 is 4.39 Å². The lowest BCUT2D eigenvalue weighted by atomic mass is 10.1. The summed E-state index contributed by atoms with van der Waals surface area (Å²) in [5, 5.41) is 4.59. The Morgan fingerprint density at radius 2 is 1.79 bits per heavy atom. The average molecular weight is 296 g/mol. The molecule has 1 aliphatic carbocycles. The Balaban J connectivity index is 1.78. The maximum absolute atomic E-state index is 13.2. The van der Waals surface area contributed by atoms with Crippen LogP contribution in [0.5, 0.6) is 0 Å². The maximum atomic E-state index is 13.2. The Morgan fingerprint density at radius 1 is 1.00 bits per heavy atom. The summed E-state index contributed by atoms with van der Waals surface area (Å²) < 4.78 is 13.2. The summed E-state index contributed by atoms with van der Waals surface area (Å²) in [7, 11) is 0. The zero-order chi connectivity index (χ0) is 13.4. The van der Waals surface area contributed by atoms with Crippen molar-refractivity contribution in [2.45, 2.75) is 18.9 Å². The van der Waals surface area contributed by atoms with Crippen molar-refractivity contribution in [3.63, 3.8) is 0 Å². The van der Waals surface area contributed by atoms with Gasteiger partial charge in [0.1, 0.15) is 5.82 Å². The summed E-state index contributed by atoms with van der Waals surface area (Å²) in [6, 6.07) is 10.5. The van der Waals surface area contributed by atoms with Crippen LogP contribution in [0.1, 0.15) is 11.1 Å². The zero-order valence-corrected chi connectivity index (χ0v) is 11.6. The summed E-state index contributed by atoms with van der Waals surface area (Å²) in [6.45, 7) is 0. The minimum absolute atomic E-state index is 0.229. The number of fused-ring (bicyclic) bond motifs is 1. The van der Waals surface area contributed by atoms with Gasteiger partial charge in [0.15, 0.2) is 0 Å². The topological polar surface area (TPSA) is 12.0 Å². The molecular formula is C15H12Cl2FN. The molecule has 0 fully saturated rings. The molecular weight excluding hydrogens is 284 g/mol. The predicted octanol–water partition coefficient (Wildman–Crippen LogP) is 4.71. The van der Waals surface area contributed by atoms with Crippen LogP contribution in [-0.2, 0) is 12.8 Å². The first-order valence-corrected chi connectivity index (χ1v) is 6.86.